The zero-order valence-electron chi connectivity index (χ0n) is 13.2. The summed E-state index contributed by atoms with van der Waals surface area (Å²) in [6, 6.07) is 1.47. The number of aliphatic hydroxyl groups excluding tert-OH is 1. The lowest BCUT2D eigenvalue weighted by Crippen LogP contribution is -2.52. The minimum Gasteiger partial charge on any atom is -0.391 e. The van der Waals surface area contributed by atoms with E-state index < -0.39 is 0 Å². The van der Waals surface area contributed by atoms with E-state index in [0.29, 0.717) is 18.1 Å². The topological polar surface area (TPSA) is 44.7 Å². The molecule has 0 bridgehead atoms. The average Bonchev–Trinajstić information content (AvgIpc) is 2.47. The summed E-state index contributed by atoms with van der Waals surface area (Å²) in [6.45, 7) is 8.09. The SMILES string of the molecule is CCOCC(C)NC1CCN(C2CCCCC2O)CC1. The number of nitrogens with one attached hydrogen (secondary N) is 1. The van der Waals surface area contributed by atoms with E-state index in [2.05, 4.69) is 17.1 Å². The highest BCUT2D eigenvalue weighted by molar-refractivity contribution is 4.88. The molecule has 118 valence electrons. The molecular weight excluding hydrogens is 252 g/mol. The van der Waals surface area contributed by atoms with Crippen LogP contribution in [0.5, 0.6) is 0 Å². The number of ether oxygens (including phenoxy) is 1. The fraction of sp³-hybridized carbons (Fsp3) is 1.00. The van der Waals surface area contributed by atoms with Crippen molar-refractivity contribution in [2.24, 2.45) is 0 Å². The lowest BCUT2D eigenvalue weighted by atomic mass is 9.89. The quantitative estimate of drug-likeness (QED) is 0.780. The predicted octanol–water partition coefficient (Wildman–Crippen LogP) is 1.77. The molecule has 3 unspecified atom stereocenters. The van der Waals surface area contributed by atoms with Crippen LogP contribution in [0.3, 0.4) is 0 Å². The highest BCUT2D eigenvalue weighted by atomic mass is 16.5. The van der Waals surface area contributed by atoms with E-state index in [0.717, 1.165) is 32.7 Å². The van der Waals surface area contributed by atoms with Gasteiger partial charge in [0.15, 0.2) is 0 Å². The van der Waals surface area contributed by atoms with Gasteiger partial charge in [-0.2, -0.15) is 0 Å². The number of hydrogen-bond donors (Lipinski definition) is 2. The average molecular weight is 284 g/mol. The zero-order chi connectivity index (χ0) is 14.4. The molecule has 2 aliphatic rings. The second kappa shape index (κ2) is 8.32. The van der Waals surface area contributed by atoms with Crippen molar-refractivity contribution in [3.63, 3.8) is 0 Å². The molecule has 2 fully saturated rings. The van der Waals surface area contributed by atoms with Crippen molar-refractivity contribution >= 4 is 0 Å². The Balaban J connectivity index is 1.69. The zero-order valence-corrected chi connectivity index (χ0v) is 13.2. The van der Waals surface area contributed by atoms with E-state index in [1.807, 2.05) is 6.92 Å². The van der Waals surface area contributed by atoms with Gasteiger partial charge in [0.05, 0.1) is 12.7 Å². The van der Waals surface area contributed by atoms with Crippen LogP contribution in [0.1, 0.15) is 52.4 Å². The van der Waals surface area contributed by atoms with Crippen LogP contribution in [0, 0.1) is 0 Å². The Morgan fingerprint density at radius 1 is 1.20 bits per heavy atom. The van der Waals surface area contributed by atoms with E-state index >= 15 is 0 Å². The fourth-order valence-electron chi connectivity index (χ4n) is 3.66. The predicted molar refractivity (Wildman–Crippen MR) is 81.9 cm³/mol. The molecule has 0 aromatic carbocycles. The fourth-order valence-corrected chi connectivity index (χ4v) is 3.66. The number of hydrogen-bond acceptors (Lipinski definition) is 4. The van der Waals surface area contributed by atoms with Gasteiger partial charge >= 0.3 is 0 Å². The molecule has 1 saturated heterocycles. The van der Waals surface area contributed by atoms with Crippen LogP contribution in [-0.2, 0) is 4.74 Å². The van der Waals surface area contributed by atoms with Crippen LogP contribution in [0.15, 0.2) is 0 Å². The first-order valence-corrected chi connectivity index (χ1v) is 8.46. The number of rotatable bonds is 6. The summed E-state index contributed by atoms with van der Waals surface area (Å²) in [4.78, 5) is 2.52. The Hall–Kier alpha value is -0.160. The van der Waals surface area contributed by atoms with Crippen LogP contribution in [0.25, 0.3) is 0 Å². The van der Waals surface area contributed by atoms with Gasteiger partial charge in [-0.05, 0) is 39.5 Å². The molecule has 2 N–H and O–H groups in total. The third-order valence-corrected chi connectivity index (χ3v) is 4.78. The normalized spacial score (nSPS) is 31.4. The summed E-state index contributed by atoms with van der Waals surface area (Å²) in [5.74, 6) is 0. The summed E-state index contributed by atoms with van der Waals surface area (Å²) in [7, 11) is 0. The van der Waals surface area contributed by atoms with E-state index in [4.69, 9.17) is 4.74 Å². The van der Waals surface area contributed by atoms with Gasteiger partial charge in [-0.15, -0.1) is 0 Å². The van der Waals surface area contributed by atoms with Crippen molar-refractivity contribution in [1.29, 1.82) is 0 Å². The van der Waals surface area contributed by atoms with Crippen molar-refractivity contribution in [2.75, 3.05) is 26.3 Å². The van der Waals surface area contributed by atoms with Crippen molar-refractivity contribution in [3.05, 3.63) is 0 Å². The van der Waals surface area contributed by atoms with Gasteiger partial charge in [0, 0.05) is 37.8 Å². The van der Waals surface area contributed by atoms with E-state index in [9.17, 15) is 5.11 Å². The maximum Gasteiger partial charge on any atom is 0.0695 e. The van der Waals surface area contributed by atoms with Crippen LogP contribution < -0.4 is 5.32 Å². The molecule has 1 aliphatic heterocycles. The monoisotopic (exact) mass is 284 g/mol. The molecule has 2 rings (SSSR count). The number of nitrogens with zero attached hydrogens (tertiary/aromatic N) is 1. The molecule has 3 atom stereocenters. The molecule has 0 aromatic heterocycles. The Labute approximate surface area is 123 Å². The Morgan fingerprint density at radius 2 is 1.90 bits per heavy atom. The third-order valence-electron chi connectivity index (χ3n) is 4.78. The first-order valence-electron chi connectivity index (χ1n) is 8.46. The van der Waals surface area contributed by atoms with Gasteiger partial charge in [-0.3, -0.25) is 4.90 Å². The second-order valence-corrected chi connectivity index (χ2v) is 6.46. The molecule has 1 saturated carbocycles. The molecule has 0 aromatic rings. The summed E-state index contributed by atoms with van der Waals surface area (Å²) >= 11 is 0. The molecule has 1 heterocycles. The molecule has 20 heavy (non-hydrogen) atoms. The summed E-state index contributed by atoms with van der Waals surface area (Å²) in [5.41, 5.74) is 0. The van der Waals surface area contributed by atoms with Crippen LogP contribution >= 0.6 is 0 Å². The first-order chi connectivity index (χ1) is 9.70. The highest BCUT2D eigenvalue weighted by Gasteiger charge is 2.31. The molecule has 0 spiro atoms. The third kappa shape index (κ3) is 4.69. The molecule has 1 aliphatic carbocycles. The number of piperidine rings is 1. The molecule has 4 heteroatoms. The van der Waals surface area contributed by atoms with Crippen molar-refractivity contribution in [2.45, 2.75) is 76.6 Å². The highest BCUT2D eigenvalue weighted by Crippen LogP contribution is 2.25. The molecule has 0 amide bonds. The van der Waals surface area contributed by atoms with Gasteiger partial charge < -0.3 is 15.2 Å². The molecule has 4 nitrogen and oxygen atoms in total. The van der Waals surface area contributed by atoms with Crippen LogP contribution in [0.2, 0.25) is 0 Å². The van der Waals surface area contributed by atoms with E-state index in [1.54, 1.807) is 0 Å². The summed E-state index contributed by atoms with van der Waals surface area (Å²) < 4.78 is 5.46. The lowest BCUT2D eigenvalue weighted by Gasteiger charge is -2.42. The van der Waals surface area contributed by atoms with Crippen LogP contribution in [0.4, 0.5) is 0 Å². The van der Waals surface area contributed by atoms with E-state index in [-0.39, 0.29) is 6.10 Å². The maximum absolute atomic E-state index is 10.2. The van der Waals surface area contributed by atoms with Gasteiger partial charge in [0.1, 0.15) is 0 Å². The number of aliphatic hydroxyl groups is 1. The van der Waals surface area contributed by atoms with Gasteiger partial charge in [0.2, 0.25) is 0 Å². The number of likely N-dealkylation sites (tertiary alicyclic amines) is 1. The van der Waals surface area contributed by atoms with E-state index in [1.165, 1.54) is 32.1 Å². The van der Waals surface area contributed by atoms with Crippen molar-refractivity contribution < 1.29 is 9.84 Å². The largest absolute Gasteiger partial charge is 0.391 e. The standard InChI is InChI=1S/C16H32N2O2/c1-3-20-12-13(2)17-14-8-10-18(11-9-14)15-6-4-5-7-16(15)19/h13-17,19H,3-12H2,1-2H3. The molecule has 0 radical (unpaired) electrons. The minimum atomic E-state index is -0.0925. The maximum atomic E-state index is 10.2. The first kappa shape index (κ1) is 16.2. The second-order valence-electron chi connectivity index (χ2n) is 6.46. The lowest BCUT2D eigenvalue weighted by molar-refractivity contribution is 0.00588. The van der Waals surface area contributed by atoms with Gasteiger partial charge in [-0.1, -0.05) is 12.8 Å². The van der Waals surface area contributed by atoms with Crippen molar-refractivity contribution in [1.82, 2.24) is 10.2 Å². The van der Waals surface area contributed by atoms with Gasteiger partial charge in [0.25, 0.3) is 0 Å². The minimum absolute atomic E-state index is 0.0925. The van der Waals surface area contributed by atoms with Crippen LogP contribution in [-0.4, -0.2) is 60.5 Å². The summed E-state index contributed by atoms with van der Waals surface area (Å²) in [5, 5.41) is 13.8. The Kier molecular flexibility index (Phi) is 6.75. The molecular formula is C16H32N2O2. The van der Waals surface area contributed by atoms with Gasteiger partial charge in [-0.25, -0.2) is 0 Å². The summed E-state index contributed by atoms with van der Waals surface area (Å²) in [6.07, 6.45) is 6.95. The Morgan fingerprint density at radius 3 is 2.55 bits per heavy atom. The Bertz CT molecular complexity index is 267. The smallest absolute Gasteiger partial charge is 0.0695 e. The van der Waals surface area contributed by atoms with Crippen molar-refractivity contribution in [3.8, 4) is 0 Å².